The summed E-state index contributed by atoms with van der Waals surface area (Å²) in [7, 11) is 1.66. The molecular weight excluding hydrogens is 302 g/mol. The van der Waals surface area contributed by atoms with E-state index >= 15 is 0 Å². The van der Waals surface area contributed by atoms with Gasteiger partial charge in [0.1, 0.15) is 9.71 Å². The number of carbonyl (C=O) groups excluding carboxylic acids is 1. The molecular formula is C9H5BrClNO2S. The second-order valence-electron chi connectivity index (χ2n) is 2.97. The Kier molecular flexibility index (Phi) is 2.70. The van der Waals surface area contributed by atoms with Gasteiger partial charge in [-0.25, -0.2) is 0 Å². The Bertz CT molecular complexity index is 616. The molecule has 0 aliphatic rings. The van der Waals surface area contributed by atoms with Crippen LogP contribution in [0.5, 0.6) is 0 Å². The zero-order valence-electron chi connectivity index (χ0n) is 7.58. The van der Waals surface area contributed by atoms with Crippen LogP contribution in [0.2, 0.25) is 0 Å². The molecule has 0 aliphatic carbocycles. The number of rotatable bonds is 1. The Labute approximate surface area is 102 Å². The standard InChI is InChI=1S/C9H5BrClNO2S/c1-12-5(13)3-2-4-6(10)7(8(11)14)15-9(4)12/h2-3H,1H3. The Morgan fingerprint density at radius 3 is 2.80 bits per heavy atom. The van der Waals surface area contributed by atoms with Crippen molar-refractivity contribution in [2.45, 2.75) is 0 Å². The Balaban J connectivity index is 2.94. The third-order valence-electron chi connectivity index (χ3n) is 2.07. The van der Waals surface area contributed by atoms with Crippen molar-refractivity contribution in [1.82, 2.24) is 4.57 Å². The van der Waals surface area contributed by atoms with Gasteiger partial charge < -0.3 is 4.57 Å². The van der Waals surface area contributed by atoms with Crippen LogP contribution < -0.4 is 5.56 Å². The summed E-state index contributed by atoms with van der Waals surface area (Å²) in [5, 5.41) is 0.307. The fourth-order valence-corrected chi connectivity index (χ4v) is 3.48. The van der Waals surface area contributed by atoms with Crippen LogP contribution in [-0.2, 0) is 7.05 Å². The number of fused-ring (bicyclic) bond motifs is 1. The minimum atomic E-state index is -0.518. The number of thiophene rings is 1. The molecule has 0 aliphatic heterocycles. The van der Waals surface area contributed by atoms with Gasteiger partial charge in [0.15, 0.2) is 0 Å². The number of pyridine rings is 1. The van der Waals surface area contributed by atoms with Crippen LogP contribution in [-0.4, -0.2) is 9.81 Å². The van der Waals surface area contributed by atoms with Crippen LogP contribution in [0.1, 0.15) is 9.67 Å². The average molecular weight is 307 g/mol. The van der Waals surface area contributed by atoms with E-state index < -0.39 is 5.24 Å². The smallest absolute Gasteiger partial charge is 0.263 e. The van der Waals surface area contributed by atoms with E-state index in [0.29, 0.717) is 9.35 Å². The lowest BCUT2D eigenvalue weighted by molar-refractivity contribution is 0.108. The van der Waals surface area contributed by atoms with Gasteiger partial charge in [-0.05, 0) is 33.6 Å². The van der Waals surface area contributed by atoms with Crippen LogP contribution in [0.4, 0.5) is 0 Å². The van der Waals surface area contributed by atoms with Crippen molar-refractivity contribution in [3.8, 4) is 0 Å². The van der Waals surface area contributed by atoms with Gasteiger partial charge in [-0.15, -0.1) is 11.3 Å². The summed E-state index contributed by atoms with van der Waals surface area (Å²) in [4.78, 5) is 23.6. The summed E-state index contributed by atoms with van der Waals surface area (Å²) >= 11 is 9.93. The van der Waals surface area contributed by atoms with Gasteiger partial charge in [0.05, 0.1) is 0 Å². The molecule has 3 nitrogen and oxygen atoms in total. The summed E-state index contributed by atoms with van der Waals surface area (Å²) in [5.41, 5.74) is -0.107. The third-order valence-corrected chi connectivity index (χ3v) is 4.74. The molecule has 2 heterocycles. The molecule has 15 heavy (non-hydrogen) atoms. The van der Waals surface area contributed by atoms with Crippen molar-refractivity contribution in [1.29, 1.82) is 0 Å². The molecule has 2 rings (SSSR count). The van der Waals surface area contributed by atoms with Gasteiger partial charge in [-0.3, -0.25) is 9.59 Å². The predicted octanol–water partition coefficient (Wildman–Crippen LogP) is 2.74. The van der Waals surface area contributed by atoms with Crippen molar-refractivity contribution in [2.75, 3.05) is 0 Å². The molecule has 78 valence electrons. The molecule has 2 aromatic rings. The highest BCUT2D eigenvalue weighted by atomic mass is 79.9. The maximum absolute atomic E-state index is 11.4. The largest absolute Gasteiger partial charge is 0.303 e. The quantitative estimate of drug-likeness (QED) is 0.760. The van der Waals surface area contributed by atoms with Crippen LogP contribution in [0, 0.1) is 0 Å². The number of nitrogens with zero attached hydrogens (tertiary/aromatic N) is 1. The number of aromatic nitrogens is 1. The molecule has 0 N–H and O–H groups in total. The maximum Gasteiger partial charge on any atom is 0.263 e. The fraction of sp³-hybridized carbons (Fsp3) is 0.111. The molecule has 0 radical (unpaired) electrons. The lowest BCUT2D eigenvalue weighted by Crippen LogP contribution is -2.13. The molecule has 0 saturated heterocycles. The van der Waals surface area contributed by atoms with Crippen LogP contribution in [0.15, 0.2) is 21.4 Å². The summed E-state index contributed by atoms with van der Waals surface area (Å²) in [6, 6.07) is 3.14. The number of hydrogen-bond acceptors (Lipinski definition) is 3. The number of carbonyl (C=O) groups is 1. The maximum atomic E-state index is 11.4. The van der Waals surface area contributed by atoms with Crippen molar-refractivity contribution >= 4 is 54.3 Å². The second kappa shape index (κ2) is 3.73. The summed E-state index contributed by atoms with van der Waals surface area (Å²) in [6.45, 7) is 0. The van der Waals surface area contributed by atoms with Crippen LogP contribution >= 0.6 is 38.9 Å². The van der Waals surface area contributed by atoms with Crippen molar-refractivity contribution in [3.05, 3.63) is 31.8 Å². The zero-order valence-corrected chi connectivity index (χ0v) is 10.7. The first kappa shape index (κ1) is 10.9. The van der Waals surface area contributed by atoms with Crippen molar-refractivity contribution in [3.63, 3.8) is 0 Å². The molecule has 0 fully saturated rings. The van der Waals surface area contributed by atoms with Gasteiger partial charge in [0, 0.05) is 23.0 Å². The zero-order chi connectivity index (χ0) is 11.2. The van der Waals surface area contributed by atoms with E-state index in [0.717, 1.165) is 10.2 Å². The first-order valence-electron chi connectivity index (χ1n) is 4.00. The molecule has 0 atom stereocenters. The minimum absolute atomic E-state index is 0.107. The molecule has 6 heteroatoms. The van der Waals surface area contributed by atoms with Crippen LogP contribution in [0.25, 0.3) is 10.2 Å². The summed E-state index contributed by atoms with van der Waals surface area (Å²) in [5.74, 6) is 0. The normalized spacial score (nSPS) is 10.9. The first-order valence-corrected chi connectivity index (χ1v) is 5.99. The Morgan fingerprint density at radius 1 is 1.53 bits per heavy atom. The van der Waals surface area contributed by atoms with E-state index in [1.54, 1.807) is 13.1 Å². The highest BCUT2D eigenvalue weighted by molar-refractivity contribution is 9.10. The first-order chi connectivity index (χ1) is 7.02. The number of halogens is 2. The van der Waals surface area contributed by atoms with Gasteiger partial charge in [0.25, 0.3) is 10.8 Å². The summed E-state index contributed by atoms with van der Waals surface area (Å²) in [6.07, 6.45) is 0. The molecule has 0 unspecified atom stereocenters. The molecule has 0 saturated carbocycles. The highest BCUT2D eigenvalue weighted by Gasteiger charge is 2.16. The highest BCUT2D eigenvalue weighted by Crippen LogP contribution is 2.35. The molecule has 0 aromatic carbocycles. The lowest BCUT2D eigenvalue weighted by Gasteiger charge is -1.96. The molecule has 2 aromatic heterocycles. The molecule has 0 amide bonds. The van der Waals surface area contributed by atoms with E-state index in [1.807, 2.05) is 0 Å². The second-order valence-corrected chi connectivity index (χ2v) is 5.10. The van der Waals surface area contributed by atoms with Gasteiger partial charge in [-0.1, -0.05) is 0 Å². The fourth-order valence-electron chi connectivity index (χ4n) is 1.30. The van der Waals surface area contributed by atoms with E-state index in [9.17, 15) is 9.59 Å². The van der Waals surface area contributed by atoms with Crippen molar-refractivity contribution in [2.24, 2.45) is 7.05 Å². The van der Waals surface area contributed by atoms with E-state index in [4.69, 9.17) is 11.6 Å². The number of hydrogen-bond donors (Lipinski definition) is 0. The topological polar surface area (TPSA) is 39.1 Å². The Morgan fingerprint density at radius 2 is 2.20 bits per heavy atom. The predicted molar refractivity (Wildman–Crippen MR) is 64.9 cm³/mol. The van der Waals surface area contributed by atoms with E-state index in [1.165, 1.54) is 22.0 Å². The number of aryl methyl sites for hydroxylation is 1. The van der Waals surface area contributed by atoms with E-state index in [-0.39, 0.29) is 5.56 Å². The van der Waals surface area contributed by atoms with Crippen LogP contribution in [0.3, 0.4) is 0 Å². The minimum Gasteiger partial charge on any atom is -0.303 e. The van der Waals surface area contributed by atoms with Gasteiger partial charge >= 0.3 is 0 Å². The lowest BCUT2D eigenvalue weighted by atomic mass is 10.3. The summed E-state index contributed by atoms with van der Waals surface area (Å²) < 4.78 is 2.15. The average Bonchev–Trinajstić information content (AvgIpc) is 2.51. The van der Waals surface area contributed by atoms with E-state index in [2.05, 4.69) is 15.9 Å². The Hall–Kier alpha value is -0.650. The molecule has 0 spiro atoms. The van der Waals surface area contributed by atoms with Gasteiger partial charge in [0.2, 0.25) is 0 Å². The SMILES string of the molecule is Cn1c(=O)ccc2c(Br)c(C(=O)Cl)sc21. The van der Waals surface area contributed by atoms with Crippen molar-refractivity contribution < 1.29 is 4.79 Å². The molecule has 0 bridgehead atoms. The van der Waals surface area contributed by atoms with Gasteiger partial charge in [-0.2, -0.15) is 0 Å². The monoisotopic (exact) mass is 305 g/mol. The third kappa shape index (κ3) is 1.64.